The summed E-state index contributed by atoms with van der Waals surface area (Å²) in [5, 5.41) is 16.4. The Morgan fingerprint density at radius 2 is 2.08 bits per heavy atom. The van der Waals surface area contributed by atoms with E-state index >= 15 is 0 Å². The zero-order valence-electron chi connectivity index (χ0n) is 15.6. The number of halogens is 2. The van der Waals surface area contributed by atoms with E-state index in [-0.39, 0.29) is 53.7 Å². The lowest BCUT2D eigenvalue weighted by molar-refractivity contribution is 0.134. The molecule has 0 heterocycles. The summed E-state index contributed by atoms with van der Waals surface area (Å²) in [6.45, 7) is 5.90. The van der Waals surface area contributed by atoms with Gasteiger partial charge in [-0.3, -0.25) is 0 Å². The van der Waals surface area contributed by atoms with Gasteiger partial charge in [0.15, 0.2) is 17.5 Å². The van der Waals surface area contributed by atoms with Crippen molar-refractivity contribution in [2.24, 2.45) is 10.9 Å². The van der Waals surface area contributed by atoms with Gasteiger partial charge >= 0.3 is 0 Å². The van der Waals surface area contributed by atoms with Crippen molar-refractivity contribution in [3.8, 4) is 5.75 Å². The van der Waals surface area contributed by atoms with Crippen LogP contribution in [0.5, 0.6) is 5.75 Å². The second kappa shape index (κ2) is 12.3. The summed E-state index contributed by atoms with van der Waals surface area (Å²) in [7, 11) is 0. The maximum atomic E-state index is 13.7. The van der Waals surface area contributed by atoms with Crippen LogP contribution in [-0.2, 0) is 0 Å². The summed E-state index contributed by atoms with van der Waals surface area (Å²) in [4.78, 5) is 4.56. The lowest BCUT2D eigenvalue weighted by atomic mass is 10.1. The minimum absolute atomic E-state index is 0. The second-order valence-electron chi connectivity index (χ2n) is 6.44. The number of aliphatic hydroxyl groups is 1. The highest BCUT2D eigenvalue weighted by atomic mass is 127. The third kappa shape index (κ3) is 7.26. The van der Waals surface area contributed by atoms with Gasteiger partial charge in [0, 0.05) is 19.0 Å². The Labute approximate surface area is 172 Å². The summed E-state index contributed by atoms with van der Waals surface area (Å²) >= 11 is 0. The SMILES string of the molecule is CCNC(=NCC(CC)Oc1ccccc1F)NCC1CCCC1O.I. The maximum Gasteiger partial charge on any atom is 0.191 e. The summed E-state index contributed by atoms with van der Waals surface area (Å²) < 4.78 is 19.5. The van der Waals surface area contributed by atoms with Crippen LogP contribution in [-0.4, -0.2) is 42.9 Å². The molecule has 0 aliphatic heterocycles. The first-order valence-electron chi connectivity index (χ1n) is 9.25. The van der Waals surface area contributed by atoms with E-state index in [0.29, 0.717) is 19.0 Å². The van der Waals surface area contributed by atoms with Gasteiger partial charge in [0.05, 0.1) is 12.6 Å². The molecule has 0 radical (unpaired) electrons. The van der Waals surface area contributed by atoms with Crippen molar-refractivity contribution in [3.63, 3.8) is 0 Å². The highest BCUT2D eigenvalue weighted by Crippen LogP contribution is 2.24. The summed E-state index contributed by atoms with van der Waals surface area (Å²) in [6.07, 6.45) is 3.33. The van der Waals surface area contributed by atoms with Gasteiger partial charge in [0.2, 0.25) is 0 Å². The van der Waals surface area contributed by atoms with Gasteiger partial charge in [0.1, 0.15) is 6.10 Å². The molecule has 0 aromatic heterocycles. The highest BCUT2D eigenvalue weighted by Gasteiger charge is 2.25. The molecule has 1 aromatic carbocycles. The zero-order chi connectivity index (χ0) is 18.1. The lowest BCUT2D eigenvalue weighted by Gasteiger charge is -2.19. The van der Waals surface area contributed by atoms with Crippen LogP contribution >= 0.6 is 24.0 Å². The quantitative estimate of drug-likeness (QED) is 0.304. The van der Waals surface area contributed by atoms with Crippen LogP contribution in [0.1, 0.15) is 39.5 Å². The fourth-order valence-corrected chi connectivity index (χ4v) is 2.99. The number of aliphatic imine (C=N–C) groups is 1. The Balaban J connectivity index is 0.00000338. The van der Waals surface area contributed by atoms with E-state index in [2.05, 4.69) is 15.6 Å². The first kappa shape index (κ1) is 23.0. The molecule has 7 heteroatoms. The van der Waals surface area contributed by atoms with Crippen LogP contribution in [0.2, 0.25) is 0 Å². The number of para-hydroxylation sites is 1. The van der Waals surface area contributed by atoms with Gasteiger partial charge in [-0.2, -0.15) is 0 Å². The normalized spacial score (nSPS) is 21.0. The maximum absolute atomic E-state index is 13.7. The Morgan fingerprint density at radius 1 is 1.31 bits per heavy atom. The summed E-state index contributed by atoms with van der Waals surface area (Å²) in [5.74, 6) is 0.888. The Morgan fingerprint density at radius 3 is 2.69 bits per heavy atom. The summed E-state index contributed by atoms with van der Waals surface area (Å²) in [5.41, 5.74) is 0. The van der Waals surface area contributed by atoms with Crippen molar-refractivity contribution in [3.05, 3.63) is 30.1 Å². The van der Waals surface area contributed by atoms with E-state index in [1.165, 1.54) is 6.07 Å². The van der Waals surface area contributed by atoms with E-state index in [4.69, 9.17) is 4.74 Å². The van der Waals surface area contributed by atoms with Crippen molar-refractivity contribution >= 4 is 29.9 Å². The smallest absolute Gasteiger partial charge is 0.191 e. The highest BCUT2D eigenvalue weighted by molar-refractivity contribution is 14.0. The van der Waals surface area contributed by atoms with E-state index in [1.807, 2.05) is 13.8 Å². The van der Waals surface area contributed by atoms with E-state index in [9.17, 15) is 9.50 Å². The molecule has 1 fully saturated rings. The molecular formula is C19H31FIN3O2. The van der Waals surface area contributed by atoms with E-state index in [0.717, 1.165) is 32.2 Å². The fraction of sp³-hybridized carbons (Fsp3) is 0.632. The molecule has 1 aromatic rings. The first-order chi connectivity index (χ1) is 12.1. The number of ether oxygens (including phenoxy) is 1. The molecule has 3 atom stereocenters. The van der Waals surface area contributed by atoms with Gasteiger partial charge in [0.25, 0.3) is 0 Å². The number of benzene rings is 1. The molecule has 1 aliphatic rings. The number of hydrogen-bond donors (Lipinski definition) is 3. The monoisotopic (exact) mass is 479 g/mol. The van der Waals surface area contributed by atoms with E-state index in [1.54, 1.807) is 18.2 Å². The average molecular weight is 479 g/mol. The number of aliphatic hydroxyl groups excluding tert-OH is 1. The van der Waals surface area contributed by atoms with Gasteiger partial charge in [-0.25, -0.2) is 9.38 Å². The number of nitrogens with zero attached hydrogens (tertiary/aromatic N) is 1. The van der Waals surface area contributed by atoms with Crippen LogP contribution in [0.4, 0.5) is 4.39 Å². The van der Waals surface area contributed by atoms with Crippen LogP contribution < -0.4 is 15.4 Å². The Kier molecular flexibility index (Phi) is 10.9. The topological polar surface area (TPSA) is 65.9 Å². The Bertz CT molecular complexity index is 559. The minimum Gasteiger partial charge on any atom is -0.485 e. The van der Waals surface area contributed by atoms with Crippen LogP contribution in [0, 0.1) is 11.7 Å². The summed E-state index contributed by atoms with van der Waals surface area (Å²) in [6, 6.07) is 6.43. The molecule has 0 amide bonds. The van der Waals surface area contributed by atoms with Crippen molar-refractivity contribution in [2.45, 2.75) is 51.7 Å². The first-order valence-corrected chi connectivity index (χ1v) is 9.25. The molecule has 0 spiro atoms. The van der Waals surface area contributed by atoms with Gasteiger partial charge in [-0.1, -0.05) is 25.5 Å². The molecule has 148 valence electrons. The Hall–Kier alpha value is -1.09. The van der Waals surface area contributed by atoms with Crippen molar-refractivity contribution < 1.29 is 14.2 Å². The predicted octanol–water partition coefficient (Wildman–Crippen LogP) is 3.32. The fourth-order valence-electron chi connectivity index (χ4n) is 2.99. The number of hydrogen-bond acceptors (Lipinski definition) is 3. The molecule has 0 saturated heterocycles. The number of rotatable bonds is 8. The largest absolute Gasteiger partial charge is 0.485 e. The second-order valence-corrected chi connectivity index (χ2v) is 6.44. The molecule has 1 aliphatic carbocycles. The number of nitrogens with one attached hydrogen (secondary N) is 2. The molecule has 0 bridgehead atoms. The zero-order valence-corrected chi connectivity index (χ0v) is 17.9. The molecule has 5 nitrogen and oxygen atoms in total. The van der Waals surface area contributed by atoms with Crippen LogP contribution in [0.15, 0.2) is 29.3 Å². The standard InChI is InChI=1S/C19H30FN3O2.HI/c1-3-15(25-18-11-6-5-9-16(18)20)13-23-19(21-4-2)22-12-14-8-7-10-17(14)24;/h5-6,9,11,14-15,17,24H,3-4,7-8,10,12-13H2,1-2H3,(H2,21,22,23);1H. The average Bonchev–Trinajstić information content (AvgIpc) is 3.02. The van der Waals surface area contributed by atoms with Gasteiger partial charge < -0.3 is 20.5 Å². The third-order valence-electron chi connectivity index (χ3n) is 4.53. The van der Waals surface area contributed by atoms with E-state index < -0.39 is 0 Å². The van der Waals surface area contributed by atoms with Crippen molar-refractivity contribution in [1.82, 2.24) is 10.6 Å². The van der Waals surface area contributed by atoms with Gasteiger partial charge in [-0.05, 0) is 38.3 Å². The number of guanidine groups is 1. The van der Waals surface area contributed by atoms with Crippen LogP contribution in [0.25, 0.3) is 0 Å². The molecule has 3 N–H and O–H groups in total. The van der Waals surface area contributed by atoms with Crippen molar-refractivity contribution in [2.75, 3.05) is 19.6 Å². The predicted molar refractivity (Wildman–Crippen MR) is 114 cm³/mol. The molecular weight excluding hydrogens is 448 g/mol. The minimum atomic E-state index is -0.356. The van der Waals surface area contributed by atoms with Gasteiger partial charge in [-0.15, -0.1) is 24.0 Å². The molecule has 26 heavy (non-hydrogen) atoms. The third-order valence-corrected chi connectivity index (χ3v) is 4.53. The molecule has 3 unspecified atom stereocenters. The van der Waals surface area contributed by atoms with Crippen LogP contribution in [0.3, 0.4) is 0 Å². The lowest BCUT2D eigenvalue weighted by Crippen LogP contribution is -2.41. The molecule has 2 rings (SSSR count). The van der Waals surface area contributed by atoms with Crippen molar-refractivity contribution in [1.29, 1.82) is 0 Å². The molecule has 1 saturated carbocycles.